The smallest absolute Gasteiger partial charge is 0.242 e. The Bertz CT molecular complexity index is 736. The van der Waals surface area contributed by atoms with Crippen LogP contribution < -0.4 is 15.5 Å². The SMILES string of the molecule is CN=C(NCC(=O)N1CCN(c2ccc(Cl)cc2)CC1)NC1CN(C(C)C)CC1C.I. The van der Waals surface area contributed by atoms with E-state index in [1.807, 2.05) is 29.2 Å². The van der Waals surface area contributed by atoms with Crippen molar-refractivity contribution in [3.8, 4) is 0 Å². The van der Waals surface area contributed by atoms with Crippen LogP contribution in [-0.4, -0.2) is 86.6 Å². The Kier molecular flexibility index (Phi) is 10.2. The highest BCUT2D eigenvalue weighted by molar-refractivity contribution is 14.0. The lowest BCUT2D eigenvalue weighted by atomic mass is 10.1. The van der Waals surface area contributed by atoms with Gasteiger partial charge in [0.15, 0.2) is 5.96 Å². The average Bonchev–Trinajstić information content (AvgIpc) is 3.12. The molecule has 1 amide bonds. The molecule has 2 saturated heterocycles. The van der Waals surface area contributed by atoms with E-state index in [0.29, 0.717) is 24.0 Å². The molecule has 0 bridgehead atoms. The monoisotopic (exact) mass is 562 g/mol. The fourth-order valence-corrected chi connectivity index (χ4v) is 4.25. The van der Waals surface area contributed by atoms with Gasteiger partial charge < -0.3 is 20.4 Å². The highest BCUT2D eigenvalue weighted by Gasteiger charge is 2.31. The molecular weight excluding hydrogens is 527 g/mol. The van der Waals surface area contributed by atoms with Crippen LogP contribution in [0.15, 0.2) is 29.3 Å². The number of carbonyl (C=O) groups excluding carboxylic acids is 1. The largest absolute Gasteiger partial charge is 0.368 e. The quantitative estimate of drug-likeness (QED) is 0.328. The number of aliphatic imine (C=N–C) groups is 1. The van der Waals surface area contributed by atoms with Gasteiger partial charge in [-0.05, 0) is 44.0 Å². The number of piperazine rings is 1. The minimum absolute atomic E-state index is 0. The molecule has 2 aliphatic rings. The fraction of sp³-hybridized carbons (Fsp3) is 0.636. The van der Waals surface area contributed by atoms with Crippen LogP contribution in [0.2, 0.25) is 5.02 Å². The molecule has 31 heavy (non-hydrogen) atoms. The van der Waals surface area contributed by atoms with Crippen LogP contribution in [0.4, 0.5) is 5.69 Å². The van der Waals surface area contributed by atoms with Crippen LogP contribution in [0.1, 0.15) is 20.8 Å². The number of hydrogen-bond acceptors (Lipinski definition) is 4. The fourth-order valence-electron chi connectivity index (χ4n) is 4.12. The third-order valence-electron chi connectivity index (χ3n) is 6.15. The Hall–Kier alpha value is -1.26. The molecule has 2 N–H and O–H groups in total. The van der Waals surface area contributed by atoms with Crippen molar-refractivity contribution in [3.05, 3.63) is 29.3 Å². The molecule has 0 saturated carbocycles. The zero-order chi connectivity index (χ0) is 21.7. The van der Waals surface area contributed by atoms with Crippen molar-refractivity contribution < 1.29 is 4.79 Å². The second-order valence-electron chi connectivity index (χ2n) is 8.55. The number of hydrogen-bond donors (Lipinski definition) is 2. The number of likely N-dealkylation sites (tertiary alicyclic amines) is 1. The molecule has 1 aromatic rings. The van der Waals surface area contributed by atoms with Gasteiger partial charge in [0.1, 0.15) is 0 Å². The van der Waals surface area contributed by atoms with Gasteiger partial charge in [-0.2, -0.15) is 0 Å². The van der Waals surface area contributed by atoms with Crippen LogP contribution >= 0.6 is 35.6 Å². The number of nitrogens with one attached hydrogen (secondary N) is 2. The summed E-state index contributed by atoms with van der Waals surface area (Å²) in [5.41, 5.74) is 1.15. The molecule has 0 radical (unpaired) electrons. The summed E-state index contributed by atoms with van der Waals surface area (Å²) >= 11 is 5.97. The first-order valence-corrected chi connectivity index (χ1v) is 11.2. The van der Waals surface area contributed by atoms with Crippen molar-refractivity contribution in [1.82, 2.24) is 20.4 Å². The molecule has 9 heteroatoms. The van der Waals surface area contributed by atoms with E-state index >= 15 is 0 Å². The molecule has 2 heterocycles. The van der Waals surface area contributed by atoms with Crippen molar-refractivity contribution in [2.45, 2.75) is 32.9 Å². The molecule has 7 nitrogen and oxygen atoms in total. The van der Waals surface area contributed by atoms with E-state index in [0.717, 1.165) is 50.0 Å². The van der Waals surface area contributed by atoms with Gasteiger partial charge in [0.2, 0.25) is 5.91 Å². The van der Waals surface area contributed by atoms with Crippen LogP contribution in [0.3, 0.4) is 0 Å². The first kappa shape index (κ1) is 26.0. The minimum atomic E-state index is 0. The van der Waals surface area contributed by atoms with E-state index in [9.17, 15) is 4.79 Å². The van der Waals surface area contributed by atoms with Crippen molar-refractivity contribution >= 4 is 53.1 Å². The number of anilines is 1. The molecule has 174 valence electrons. The summed E-state index contributed by atoms with van der Waals surface area (Å²) in [4.78, 5) is 23.7. The number of guanidine groups is 1. The van der Waals surface area contributed by atoms with Gasteiger partial charge in [0.25, 0.3) is 0 Å². The predicted molar refractivity (Wildman–Crippen MR) is 140 cm³/mol. The molecule has 2 atom stereocenters. The Labute approximate surface area is 208 Å². The van der Waals surface area contributed by atoms with Crippen molar-refractivity contribution in [3.63, 3.8) is 0 Å². The molecule has 0 aromatic heterocycles. The third-order valence-corrected chi connectivity index (χ3v) is 6.40. The molecule has 0 spiro atoms. The maximum atomic E-state index is 12.7. The van der Waals surface area contributed by atoms with E-state index in [4.69, 9.17) is 11.6 Å². The van der Waals surface area contributed by atoms with Gasteiger partial charge in [-0.1, -0.05) is 18.5 Å². The van der Waals surface area contributed by atoms with Gasteiger partial charge in [-0.25, -0.2) is 0 Å². The normalized spacial score (nSPS) is 22.5. The summed E-state index contributed by atoms with van der Waals surface area (Å²) in [5.74, 6) is 1.35. The van der Waals surface area contributed by atoms with E-state index in [2.05, 4.69) is 46.2 Å². The number of amides is 1. The summed E-state index contributed by atoms with van der Waals surface area (Å²) in [6.45, 7) is 12.2. The Morgan fingerprint density at radius 2 is 1.81 bits per heavy atom. The summed E-state index contributed by atoms with van der Waals surface area (Å²) < 4.78 is 0. The number of halogens is 2. The summed E-state index contributed by atoms with van der Waals surface area (Å²) in [5, 5.41) is 7.45. The third kappa shape index (κ3) is 7.12. The molecule has 0 aliphatic carbocycles. The Balaban J connectivity index is 0.00000341. The van der Waals surface area contributed by atoms with E-state index < -0.39 is 0 Å². The van der Waals surface area contributed by atoms with Crippen LogP contribution in [-0.2, 0) is 4.79 Å². The summed E-state index contributed by atoms with van der Waals surface area (Å²) in [6, 6.07) is 8.76. The van der Waals surface area contributed by atoms with Gasteiger partial charge in [-0.3, -0.25) is 14.7 Å². The van der Waals surface area contributed by atoms with Crippen molar-refractivity contribution in [1.29, 1.82) is 0 Å². The van der Waals surface area contributed by atoms with Gasteiger partial charge >= 0.3 is 0 Å². The topological polar surface area (TPSA) is 63.2 Å². The molecule has 1 aromatic carbocycles. The van der Waals surface area contributed by atoms with E-state index in [1.165, 1.54) is 0 Å². The van der Waals surface area contributed by atoms with Gasteiger partial charge in [0, 0.05) is 69.1 Å². The lowest BCUT2D eigenvalue weighted by molar-refractivity contribution is -0.130. The second kappa shape index (κ2) is 12.1. The molecule has 2 aliphatic heterocycles. The van der Waals surface area contributed by atoms with E-state index in [1.54, 1.807) is 7.05 Å². The Morgan fingerprint density at radius 1 is 1.16 bits per heavy atom. The van der Waals surface area contributed by atoms with Crippen molar-refractivity contribution in [2.75, 3.05) is 57.8 Å². The lowest BCUT2D eigenvalue weighted by Gasteiger charge is -2.36. The van der Waals surface area contributed by atoms with Crippen LogP contribution in [0.5, 0.6) is 0 Å². The lowest BCUT2D eigenvalue weighted by Crippen LogP contribution is -2.53. The summed E-state index contributed by atoms with van der Waals surface area (Å²) in [6.07, 6.45) is 0. The average molecular weight is 563 g/mol. The first-order chi connectivity index (χ1) is 14.4. The predicted octanol–water partition coefficient (Wildman–Crippen LogP) is 2.50. The molecule has 2 unspecified atom stereocenters. The minimum Gasteiger partial charge on any atom is -0.368 e. The van der Waals surface area contributed by atoms with Crippen molar-refractivity contribution in [2.24, 2.45) is 10.9 Å². The summed E-state index contributed by atoms with van der Waals surface area (Å²) in [7, 11) is 1.75. The second-order valence-corrected chi connectivity index (χ2v) is 8.98. The Morgan fingerprint density at radius 3 is 2.35 bits per heavy atom. The van der Waals surface area contributed by atoms with E-state index in [-0.39, 0.29) is 36.4 Å². The number of nitrogens with zero attached hydrogens (tertiary/aromatic N) is 4. The standard InChI is InChI=1S/C22H35ClN6O.HI/c1-16(2)29-14-17(3)20(15-29)26-22(24-4)25-13-21(30)28-11-9-27(10-12-28)19-7-5-18(23)6-8-19;/h5-8,16-17,20H,9-15H2,1-4H3,(H2,24,25,26);1H. The molecular formula is C22H36ClIN6O. The van der Waals surface area contributed by atoms with Gasteiger partial charge in [-0.15, -0.1) is 24.0 Å². The molecule has 2 fully saturated rings. The zero-order valence-corrected chi connectivity index (χ0v) is 22.1. The van der Waals surface area contributed by atoms with Crippen LogP contribution in [0, 0.1) is 5.92 Å². The number of carbonyl (C=O) groups is 1. The highest BCUT2D eigenvalue weighted by atomic mass is 127. The maximum Gasteiger partial charge on any atom is 0.242 e. The first-order valence-electron chi connectivity index (χ1n) is 10.9. The highest BCUT2D eigenvalue weighted by Crippen LogP contribution is 2.20. The van der Waals surface area contributed by atoms with Gasteiger partial charge in [0.05, 0.1) is 6.54 Å². The zero-order valence-electron chi connectivity index (χ0n) is 19.0. The number of rotatable bonds is 5. The molecule has 3 rings (SSSR count). The van der Waals surface area contributed by atoms with Crippen LogP contribution in [0.25, 0.3) is 0 Å². The maximum absolute atomic E-state index is 12.7. The number of benzene rings is 1.